The summed E-state index contributed by atoms with van der Waals surface area (Å²) in [7, 11) is 0. The molecule has 7 nitrogen and oxygen atoms in total. The Morgan fingerprint density at radius 1 is 1.45 bits per heavy atom. The van der Waals surface area contributed by atoms with Crippen LogP contribution < -0.4 is 0 Å². The van der Waals surface area contributed by atoms with Gasteiger partial charge in [-0.3, -0.25) is 10.1 Å². The third-order valence-electron chi connectivity index (χ3n) is 2.57. The molecule has 0 saturated heterocycles. The van der Waals surface area contributed by atoms with Gasteiger partial charge in [0.05, 0.1) is 16.2 Å². The molecular formula is C12H10N2O5S. The van der Waals surface area contributed by atoms with Crippen LogP contribution >= 0.6 is 11.8 Å². The molecule has 0 amide bonds. The third kappa shape index (κ3) is 2.80. The normalized spacial score (nSPS) is 10.5. The standard InChI is InChI=1S/C12H10N2O5S/c1-6-5-19-12(13-6)20-10-4-8(11(15)16)3-9(7(10)2)14(17)18/h3-5H,1-2H3,(H,15,16). The number of rotatable bonds is 4. The van der Waals surface area contributed by atoms with Gasteiger partial charge in [-0.25, -0.2) is 9.78 Å². The minimum absolute atomic E-state index is 0.145. The zero-order valence-electron chi connectivity index (χ0n) is 10.6. The molecule has 20 heavy (non-hydrogen) atoms. The highest BCUT2D eigenvalue weighted by atomic mass is 32.2. The van der Waals surface area contributed by atoms with Gasteiger partial charge in [0.15, 0.2) is 0 Å². The van der Waals surface area contributed by atoms with E-state index in [1.165, 1.54) is 12.3 Å². The second-order valence-electron chi connectivity index (χ2n) is 4.04. The lowest BCUT2D eigenvalue weighted by Crippen LogP contribution is -2.01. The summed E-state index contributed by atoms with van der Waals surface area (Å²) in [6, 6.07) is 2.41. The maximum atomic E-state index is 11.0. The minimum atomic E-state index is -1.22. The van der Waals surface area contributed by atoms with Gasteiger partial charge in [0.1, 0.15) is 6.26 Å². The molecule has 0 radical (unpaired) electrons. The quantitative estimate of drug-likeness (QED) is 0.682. The second-order valence-corrected chi connectivity index (χ2v) is 5.03. The summed E-state index contributed by atoms with van der Waals surface area (Å²) < 4.78 is 5.16. The SMILES string of the molecule is Cc1coc(Sc2cc(C(=O)O)cc([N+](=O)[O-])c2C)n1. The fourth-order valence-corrected chi connectivity index (χ4v) is 2.48. The molecule has 1 heterocycles. The minimum Gasteiger partial charge on any atom is -0.478 e. The number of carboxylic acid groups (broad SMARTS) is 1. The van der Waals surface area contributed by atoms with Crippen LogP contribution in [0.1, 0.15) is 21.6 Å². The van der Waals surface area contributed by atoms with Gasteiger partial charge in [-0.2, -0.15) is 0 Å². The van der Waals surface area contributed by atoms with Crippen molar-refractivity contribution in [3.8, 4) is 0 Å². The zero-order valence-corrected chi connectivity index (χ0v) is 11.4. The molecule has 0 unspecified atom stereocenters. The van der Waals surface area contributed by atoms with E-state index < -0.39 is 10.9 Å². The predicted octanol–water partition coefficient (Wildman–Crippen LogP) is 3.05. The van der Waals surface area contributed by atoms with Gasteiger partial charge in [0, 0.05) is 16.5 Å². The molecule has 0 aliphatic carbocycles. The number of aromatic carboxylic acids is 1. The Morgan fingerprint density at radius 3 is 2.65 bits per heavy atom. The molecule has 0 saturated carbocycles. The van der Waals surface area contributed by atoms with Crippen LogP contribution in [-0.2, 0) is 0 Å². The van der Waals surface area contributed by atoms with Crippen LogP contribution in [0.5, 0.6) is 0 Å². The smallest absolute Gasteiger partial charge is 0.335 e. The molecule has 8 heteroatoms. The Bertz CT molecular complexity index is 695. The number of oxazole rings is 1. The highest BCUT2D eigenvalue weighted by molar-refractivity contribution is 7.99. The number of nitro groups is 1. The van der Waals surface area contributed by atoms with Gasteiger partial charge in [-0.05, 0) is 31.7 Å². The average Bonchev–Trinajstić information content (AvgIpc) is 2.76. The van der Waals surface area contributed by atoms with Crippen LogP contribution in [0.4, 0.5) is 5.69 Å². The molecular weight excluding hydrogens is 284 g/mol. The fraction of sp³-hybridized carbons (Fsp3) is 0.167. The van der Waals surface area contributed by atoms with E-state index in [9.17, 15) is 14.9 Å². The summed E-state index contributed by atoms with van der Waals surface area (Å²) >= 11 is 1.05. The maximum Gasteiger partial charge on any atom is 0.335 e. The third-order valence-corrected chi connectivity index (χ3v) is 3.58. The summed E-state index contributed by atoms with van der Waals surface area (Å²) in [5.41, 5.74) is 0.665. The van der Waals surface area contributed by atoms with Crippen molar-refractivity contribution in [2.75, 3.05) is 0 Å². The second kappa shape index (κ2) is 5.33. The topological polar surface area (TPSA) is 106 Å². The summed E-state index contributed by atoms with van der Waals surface area (Å²) in [6.07, 6.45) is 1.45. The highest BCUT2D eigenvalue weighted by Crippen LogP contribution is 2.35. The molecule has 2 rings (SSSR count). The van der Waals surface area contributed by atoms with Crippen LogP contribution in [0.25, 0.3) is 0 Å². The van der Waals surface area contributed by atoms with E-state index >= 15 is 0 Å². The monoisotopic (exact) mass is 294 g/mol. The van der Waals surface area contributed by atoms with E-state index in [0.29, 0.717) is 21.4 Å². The number of aromatic nitrogens is 1. The van der Waals surface area contributed by atoms with Crippen molar-refractivity contribution >= 4 is 23.4 Å². The van der Waals surface area contributed by atoms with E-state index in [1.807, 2.05) is 0 Å². The first kappa shape index (κ1) is 14.1. The number of hydrogen-bond donors (Lipinski definition) is 1. The molecule has 0 aliphatic heterocycles. The molecule has 0 bridgehead atoms. The first-order chi connectivity index (χ1) is 9.38. The molecule has 0 aliphatic rings. The van der Waals surface area contributed by atoms with Crippen molar-refractivity contribution in [3.05, 3.63) is 45.3 Å². The van der Waals surface area contributed by atoms with E-state index in [4.69, 9.17) is 9.52 Å². The van der Waals surface area contributed by atoms with E-state index in [1.54, 1.807) is 13.8 Å². The van der Waals surface area contributed by atoms with Crippen molar-refractivity contribution in [2.45, 2.75) is 24.0 Å². The molecule has 2 aromatic rings. The van der Waals surface area contributed by atoms with Gasteiger partial charge in [-0.15, -0.1) is 0 Å². The van der Waals surface area contributed by atoms with Crippen LogP contribution in [0.3, 0.4) is 0 Å². The number of carbonyl (C=O) groups is 1. The number of benzene rings is 1. The molecule has 0 fully saturated rings. The zero-order chi connectivity index (χ0) is 14.9. The van der Waals surface area contributed by atoms with Crippen molar-refractivity contribution in [3.63, 3.8) is 0 Å². The molecule has 0 atom stereocenters. The lowest BCUT2D eigenvalue weighted by atomic mass is 10.1. The average molecular weight is 294 g/mol. The predicted molar refractivity (Wildman–Crippen MR) is 70.2 cm³/mol. The van der Waals surface area contributed by atoms with Crippen molar-refractivity contribution in [2.24, 2.45) is 0 Å². The number of hydrogen-bond acceptors (Lipinski definition) is 6. The van der Waals surface area contributed by atoms with Gasteiger partial charge < -0.3 is 9.52 Å². The van der Waals surface area contributed by atoms with Gasteiger partial charge in [0.25, 0.3) is 10.9 Å². The van der Waals surface area contributed by atoms with Crippen LogP contribution in [0, 0.1) is 24.0 Å². The number of aryl methyl sites for hydroxylation is 1. The molecule has 0 spiro atoms. The highest BCUT2D eigenvalue weighted by Gasteiger charge is 2.20. The van der Waals surface area contributed by atoms with Gasteiger partial charge in [-0.1, -0.05) is 0 Å². The van der Waals surface area contributed by atoms with Crippen LogP contribution in [-0.4, -0.2) is 21.0 Å². The Labute approximate surface area is 117 Å². The lowest BCUT2D eigenvalue weighted by molar-refractivity contribution is -0.385. The Hall–Kier alpha value is -2.35. The number of carboxylic acids is 1. The molecule has 1 aromatic heterocycles. The summed E-state index contributed by atoms with van der Waals surface area (Å²) in [5, 5.41) is 20.3. The molecule has 104 valence electrons. The number of nitrogens with zero attached hydrogens (tertiary/aromatic N) is 2. The van der Waals surface area contributed by atoms with E-state index in [2.05, 4.69) is 4.98 Å². The van der Waals surface area contributed by atoms with Gasteiger partial charge >= 0.3 is 5.97 Å². The maximum absolute atomic E-state index is 11.0. The van der Waals surface area contributed by atoms with Crippen molar-refractivity contribution in [1.29, 1.82) is 0 Å². The Kier molecular flexibility index (Phi) is 3.75. The van der Waals surface area contributed by atoms with E-state index in [-0.39, 0.29) is 11.3 Å². The van der Waals surface area contributed by atoms with Crippen LogP contribution in [0.15, 0.2) is 32.9 Å². The van der Waals surface area contributed by atoms with Crippen molar-refractivity contribution in [1.82, 2.24) is 4.98 Å². The summed E-state index contributed by atoms with van der Waals surface area (Å²) in [6.45, 7) is 3.30. The molecule has 1 N–H and O–H groups in total. The lowest BCUT2D eigenvalue weighted by Gasteiger charge is -2.05. The summed E-state index contributed by atoms with van der Waals surface area (Å²) in [5.74, 6) is -1.22. The largest absolute Gasteiger partial charge is 0.478 e. The van der Waals surface area contributed by atoms with Crippen LogP contribution in [0.2, 0.25) is 0 Å². The summed E-state index contributed by atoms with van der Waals surface area (Å²) in [4.78, 5) is 25.9. The first-order valence-electron chi connectivity index (χ1n) is 5.51. The Balaban J connectivity index is 2.50. The first-order valence-corrected chi connectivity index (χ1v) is 6.32. The van der Waals surface area contributed by atoms with Gasteiger partial charge in [0.2, 0.25) is 0 Å². The van der Waals surface area contributed by atoms with E-state index in [0.717, 1.165) is 17.8 Å². The molecule has 1 aromatic carbocycles. The fourth-order valence-electron chi connectivity index (χ4n) is 1.57. The Morgan fingerprint density at radius 2 is 2.15 bits per heavy atom. The van der Waals surface area contributed by atoms with Crippen molar-refractivity contribution < 1.29 is 19.2 Å². The number of nitro benzene ring substituents is 1.